The molecule has 8 heteroatoms. The van der Waals surface area contributed by atoms with Crippen LogP contribution in [0, 0.1) is 10.1 Å². The zero-order valence-electron chi connectivity index (χ0n) is 15.7. The van der Waals surface area contributed by atoms with Crippen molar-refractivity contribution in [3.63, 3.8) is 0 Å². The Bertz CT molecular complexity index is 839. The molecule has 3 rings (SSSR count). The van der Waals surface area contributed by atoms with Gasteiger partial charge in [0.2, 0.25) is 5.91 Å². The average molecular weight is 403 g/mol. The number of nitrogens with zero attached hydrogens (tertiary/aromatic N) is 3. The lowest BCUT2D eigenvalue weighted by atomic mass is 10.1. The van der Waals surface area contributed by atoms with Crippen molar-refractivity contribution in [2.24, 2.45) is 0 Å². The minimum Gasteiger partial charge on any atom is -0.362 e. The van der Waals surface area contributed by atoms with Gasteiger partial charge in [0.05, 0.1) is 11.5 Å². The molecule has 2 aromatic carbocycles. The van der Waals surface area contributed by atoms with E-state index in [0.29, 0.717) is 36.9 Å². The summed E-state index contributed by atoms with van der Waals surface area (Å²) in [5, 5.41) is 14.9. The van der Waals surface area contributed by atoms with Gasteiger partial charge >= 0.3 is 0 Å². The van der Waals surface area contributed by atoms with Gasteiger partial charge < -0.3 is 15.1 Å². The molecule has 1 N–H and O–H groups in total. The Morgan fingerprint density at radius 1 is 1.18 bits per heavy atom. The Labute approximate surface area is 169 Å². The van der Waals surface area contributed by atoms with E-state index in [-0.39, 0.29) is 24.2 Å². The zero-order chi connectivity index (χ0) is 20.1. The summed E-state index contributed by atoms with van der Waals surface area (Å²) in [5.74, 6) is 0.0352. The normalized spacial score (nSPS) is 15.4. The quantitative estimate of drug-likeness (QED) is 0.592. The molecule has 1 aliphatic rings. The van der Waals surface area contributed by atoms with Crippen LogP contribution in [-0.2, 0) is 4.79 Å². The summed E-state index contributed by atoms with van der Waals surface area (Å²) >= 11 is 5.89. The van der Waals surface area contributed by atoms with E-state index in [2.05, 4.69) is 5.32 Å². The van der Waals surface area contributed by atoms with Crippen LogP contribution in [0.1, 0.15) is 18.5 Å². The number of anilines is 1. The van der Waals surface area contributed by atoms with Gasteiger partial charge in [0.15, 0.2) is 0 Å². The van der Waals surface area contributed by atoms with E-state index in [9.17, 15) is 14.9 Å². The van der Waals surface area contributed by atoms with Gasteiger partial charge in [-0.3, -0.25) is 14.9 Å². The molecule has 0 aromatic heterocycles. The number of piperazine rings is 1. The summed E-state index contributed by atoms with van der Waals surface area (Å²) in [7, 11) is 0. The average Bonchev–Trinajstić information content (AvgIpc) is 2.72. The molecule has 0 aliphatic carbocycles. The summed E-state index contributed by atoms with van der Waals surface area (Å²) in [6.07, 6.45) is 0. The molecule has 0 spiro atoms. The minimum absolute atomic E-state index is 0.00868. The highest BCUT2D eigenvalue weighted by Crippen LogP contribution is 2.31. The van der Waals surface area contributed by atoms with Crippen molar-refractivity contribution in [2.45, 2.75) is 13.0 Å². The lowest BCUT2D eigenvalue weighted by molar-refractivity contribution is -0.384. The fraction of sp³-hybridized carbons (Fsp3) is 0.350. The van der Waals surface area contributed by atoms with Gasteiger partial charge in [-0.2, -0.15) is 0 Å². The van der Waals surface area contributed by atoms with Crippen molar-refractivity contribution in [3.8, 4) is 0 Å². The van der Waals surface area contributed by atoms with Crippen LogP contribution in [0.25, 0.3) is 0 Å². The number of nitro benzene ring substituents is 1. The van der Waals surface area contributed by atoms with Crippen LogP contribution in [0.3, 0.4) is 0 Å². The highest BCUT2D eigenvalue weighted by Gasteiger charge is 2.26. The van der Waals surface area contributed by atoms with Gasteiger partial charge in [0.1, 0.15) is 5.69 Å². The summed E-state index contributed by atoms with van der Waals surface area (Å²) < 4.78 is 0. The first-order valence-corrected chi connectivity index (χ1v) is 9.58. The first kappa shape index (κ1) is 20.1. The molecule has 0 unspecified atom stereocenters. The summed E-state index contributed by atoms with van der Waals surface area (Å²) in [4.78, 5) is 27.1. The molecule has 1 heterocycles. The van der Waals surface area contributed by atoms with E-state index >= 15 is 0 Å². The second-order valence-corrected chi connectivity index (χ2v) is 7.21. The number of carbonyl (C=O) groups is 1. The van der Waals surface area contributed by atoms with E-state index in [1.165, 1.54) is 6.07 Å². The second kappa shape index (κ2) is 9.03. The molecule has 1 atom stereocenters. The van der Waals surface area contributed by atoms with Crippen LogP contribution in [0.15, 0.2) is 48.5 Å². The molecule has 1 saturated heterocycles. The fourth-order valence-corrected chi connectivity index (χ4v) is 3.49. The monoisotopic (exact) mass is 402 g/mol. The number of nitrogens with one attached hydrogen (secondary N) is 1. The first-order chi connectivity index (χ1) is 13.5. The molecule has 1 amide bonds. The van der Waals surface area contributed by atoms with Crippen molar-refractivity contribution in [1.82, 2.24) is 10.2 Å². The van der Waals surface area contributed by atoms with Crippen LogP contribution in [0.4, 0.5) is 11.4 Å². The van der Waals surface area contributed by atoms with Gasteiger partial charge in [0, 0.05) is 43.3 Å². The topological polar surface area (TPSA) is 78.7 Å². The molecule has 1 aliphatic heterocycles. The third-order valence-corrected chi connectivity index (χ3v) is 5.20. The molecule has 0 saturated carbocycles. The Morgan fingerprint density at radius 3 is 2.50 bits per heavy atom. The SMILES string of the molecule is C[C@H](NCC(=O)N1CCN(c2ccc(Cl)cc2[N+](=O)[O-])CC1)c1ccccc1. The van der Waals surface area contributed by atoms with Crippen molar-refractivity contribution < 1.29 is 9.72 Å². The van der Waals surface area contributed by atoms with Crippen LogP contribution in [0.5, 0.6) is 0 Å². The molecule has 0 radical (unpaired) electrons. The number of halogens is 1. The number of nitro groups is 1. The van der Waals surface area contributed by atoms with Gasteiger partial charge in [-0.05, 0) is 24.6 Å². The number of carbonyl (C=O) groups excluding carboxylic acids is 1. The number of hydrogen-bond acceptors (Lipinski definition) is 5. The molecule has 0 bridgehead atoms. The molecular weight excluding hydrogens is 380 g/mol. The van der Waals surface area contributed by atoms with Gasteiger partial charge in [0.25, 0.3) is 5.69 Å². The zero-order valence-corrected chi connectivity index (χ0v) is 16.4. The molecule has 2 aromatic rings. The molecular formula is C20H23ClN4O3. The van der Waals surface area contributed by atoms with Crippen molar-refractivity contribution in [1.29, 1.82) is 0 Å². The Morgan fingerprint density at radius 2 is 1.86 bits per heavy atom. The van der Waals surface area contributed by atoms with E-state index in [1.807, 2.05) is 42.2 Å². The minimum atomic E-state index is -0.423. The third-order valence-electron chi connectivity index (χ3n) is 4.97. The smallest absolute Gasteiger partial charge is 0.294 e. The largest absolute Gasteiger partial charge is 0.362 e. The van der Waals surface area contributed by atoms with Crippen LogP contribution in [-0.4, -0.2) is 48.5 Å². The maximum atomic E-state index is 12.5. The Kier molecular flexibility index (Phi) is 6.49. The maximum Gasteiger partial charge on any atom is 0.294 e. The standard InChI is InChI=1S/C20H23ClN4O3/c1-15(16-5-3-2-4-6-16)22-14-20(26)24-11-9-23(10-12-24)18-8-7-17(21)13-19(18)25(27)28/h2-8,13,15,22H,9-12,14H2,1H3/t15-/m0/s1. The predicted molar refractivity (Wildman–Crippen MR) is 110 cm³/mol. The molecule has 7 nitrogen and oxygen atoms in total. The van der Waals surface area contributed by atoms with Crippen LogP contribution < -0.4 is 10.2 Å². The van der Waals surface area contributed by atoms with E-state index in [0.717, 1.165) is 5.56 Å². The third kappa shape index (κ3) is 4.79. The fourth-order valence-electron chi connectivity index (χ4n) is 3.32. The number of amides is 1. The van der Waals surface area contributed by atoms with Crippen molar-refractivity contribution in [2.75, 3.05) is 37.6 Å². The van der Waals surface area contributed by atoms with Gasteiger partial charge in [-0.25, -0.2) is 0 Å². The van der Waals surface area contributed by atoms with Crippen molar-refractivity contribution in [3.05, 3.63) is 69.2 Å². The second-order valence-electron chi connectivity index (χ2n) is 6.77. The number of hydrogen-bond donors (Lipinski definition) is 1. The van der Waals surface area contributed by atoms with E-state index in [4.69, 9.17) is 11.6 Å². The Balaban J connectivity index is 1.54. The van der Waals surface area contributed by atoms with Gasteiger partial charge in [-0.1, -0.05) is 41.9 Å². The summed E-state index contributed by atoms with van der Waals surface area (Å²) in [5.41, 5.74) is 1.66. The maximum absolute atomic E-state index is 12.5. The summed E-state index contributed by atoms with van der Waals surface area (Å²) in [6.45, 7) is 4.43. The first-order valence-electron chi connectivity index (χ1n) is 9.20. The summed E-state index contributed by atoms with van der Waals surface area (Å²) in [6, 6.07) is 14.7. The molecule has 148 valence electrons. The predicted octanol–water partition coefficient (Wildman–Crippen LogP) is 3.25. The highest BCUT2D eigenvalue weighted by molar-refractivity contribution is 6.30. The molecule has 28 heavy (non-hydrogen) atoms. The van der Waals surface area contributed by atoms with Crippen LogP contribution in [0.2, 0.25) is 5.02 Å². The number of rotatable bonds is 6. The highest BCUT2D eigenvalue weighted by atomic mass is 35.5. The van der Waals surface area contributed by atoms with E-state index in [1.54, 1.807) is 17.0 Å². The molecule has 1 fully saturated rings. The van der Waals surface area contributed by atoms with Crippen LogP contribution >= 0.6 is 11.6 Å². The lowest BCUT2D eigenvalue weighted by Gasteiger charge is -2.36. The van der Waals surface area contributed by atoms with E-state index < -0.39 is 4.92 Å². The van der Waals surface area contributed by atoms with Gasteiger partial charge in [-0.15, -0.1) is 0 Å². The Hall–Kier alpha value is -2.64. The number of benzene rings is 2. The van der Waals surface area contributed by atoms with Crippen molar-refractivity contribution >= 4 is 28.9 Å². The lowest BCUT2D eigenvalue weighted by Crippen LogP contribution is -2.51.